The maximum Gasteiger partial charge on any atom is 0.332 e. The van der Waals surface area contributed by atoms with Crippen LogP contribution in [0.25, 0.3) is 22.4 Å². The number of nitrogens with one attached hydrogen (secondary N) is 1. The maximum atomic E-state index is 12.9. The van der Waals surface area contributed by atoms with Gasteiger partial charge in [0.1, 0.15) is 10.4 Å². The van der Waals surface area contributed by atoms with Gasteiger partial charge in [0.05, 0.1) is 19.6 Å². The highest BCUT2D eigenvalue weighted by atomic mass is 32.2. The molecule has 1 fully saturated rings. The lowest BCUT2D eigenvalue weighted by Gasteiger charge is -2.23. The first-order valence-electron chi connectivity index (χ1n) is 10.5. The van der Waals surface area contributed by atoms with Crippen LogP contribution in [0, 0.1) is 6.92 Å². The van der Waals surface area contributed by atoms with Gasteiger partial charge >= 0.3 is 5.69 Å². The molecule has 4 rings (SSSR count). The Morgan fingerprint density at radius 1 is 1.00 bits per heavy atom. The Morgan fingerprint density at radius 2 is 1.70 bits per heavy atom. The van der Waals surface area contributed by atoms with Crippen molar-refractivity contribution in [3.8, 4) is 11.4 Å². The van der Waals surface area contributed by atoms with Crippen LogP contribution in [0.5, 0.6) is 0 Å². The number of aromatic nitrogens is 4. The molecule has 0 aliphatic carbocycles. The number of aryl methyl sites for hydroxylation is 2. The Bertz CT molecular complexity index is 1180. The van der Waals surface area contributed by atoms with Crippen LogP contribution >= 0.6 is 11.8 Å². The number of thioether (sulfide) groups is 1. The number of likely N-dealkylation sites (tertiary alicyclic amines) is 1. The van der Waals surface area contributed by atoms with Gasteiger partial charge in [-0.1, -0.05) is 41.6 Å². The van der Waals surface area contributed by atoms with Crippen molar-refractivity contribution in [1.82, 2.24) is 19.1 Å². The van der Waals surface area contributed by atoms with Crippen LogP contribution in [0.3, 0.4) is 0 Å². The normalized spacial score (nSPS) is 15.0. The van der Waals surface area contributed by atoms with Gasteiger partial charge < -0.3 is 4.90 Å². The molecular formula is C22H28N5O2S+. The molecule has 0 amide bonds. The highest BCUT2D eigenvalue weighted by Crippen LogP contribution is 2.25. The summed E-state index contributed by atoms with van der Waals surface area (Å²) in [5.41, 5.74) is 1.70. The van der Waals surface area contributed by atoms with Crippen LogP contribution < -0.4 is 16.1 Å². The first kappa shape index (κ1) is 20.8. The van der Waals surface area contributed by atoms with Crippen LogP contribution in [0.1, 0.15) is 24.8 Å². The van der Waals surface area contributed by atoms with Gasteiger partial charge in [-0.2, -0.15) is 0 Å². The van der Waals surface area contributed by atoms with Gasteiger partial charge in [-0.3, -0.25) is 13.9 Å². The number of quaternary nitrogens is 1. The highest BCUT2D eigenvalue weighted by Gasteiger charge is 2.19. The first-order chi connectivity index (χ1) is 14.5. The lowest BCUT2D eigenvalue weighted by atomic mass is 10.1. The number of hydrogen-bond donors (Lipinski definition) is 1. The minimum absolute atomic E-state index is 0.337. The summed E-state index contributed by atoms with van der Waals surface area (Å²) in [4.78, 5) is 36.4. The second-order valence-corrected chi connectivity index (χ2v) is 9.12. The number of rotatable bonds is 5. The van der Waals surface area contributed by atoms with Crippen molar-refractivity contribution < 1.29 is 4.90 Å². The number of piperidine rings is 1. The lowest BCUT2D eigenvalue weighted by molar-refractivity contribution is -0.902. The zero-order chi connectivity index (χ0) is 21.3. The zero-order valence-corrected chi connectivity index (χ0v) is 18.6. The van der Waals surface area contributed by atoms with E-state index >= 15 is 0 Å². The summed E-state index contributed by atoms with van der Waals surface area (Å²) in [5.74, 6) is 1.42. The third kappa shape index (κ3) is 4.06. The SMILES string of the molecule is Cc1ccc(-c2nc(SCC[NH+]3CCCCC3)c3c(=O)n(C)c(=O)n(C)c3n2)cc1. The Labute approximate surface area is 179 Å². The predicted molar refractivity (Wildman–Crippen MR) is 120 cm³/mol. The molecule has 3 heterocycles. The molecule has 0 spiro atoms. The van der Waals surface area contributed by atoms with Crippen LogP contribution in [-0.4, -0.2) is 44.5 Å². The average molecular weight is 427 g/mol. The average Bonchev–Trinajstić information content (AvgIpc) is 2.77. The Balaban J connectivity index is 1.77. The van der Waals surface area contributed by atoms with E-state index in [-0.39, 0.29) is 11.2 Å². The van der Waals surface area contributed by atoms with Crippen LogP contribution in [-0.2, 0) is 14.1 Å². The van der Waals surface area contributed by atoms with E-state index in [1.54, 1.807) is 23.7 Å². The molecule has 0 bridgehead atoms. The lowest BCUT2D eigenvalue weighted by Crippen LogP contribution is -3.13. The summed E-state index contributed by atoms with van der Waals surface area (Å²) in [6, 6.07) is 7.97. The van der Waals surface area contributed by atoms with E-state index in [0.717, 1.165) is 28.0 Å². The molecular weight excluding hydrogens is 398 g/mol. The third-order valence-corrected chi connectivity index (χ3v) is 6.81. The monoisotopic (exact) mass is 426 g/mol. The fraction of sp³-hybridized carbons (Fsp3) is 0.455. The van der Waals surface area contributed by atoms with E-state index < -0.39 is 0 Å². The van der Waals surface area contributed by atoms with Crippen molar-refractivity contribution >= 4 is 22.8 Å². The van der Waals surface area contributed by atoms with E-state index in [1.165, 1.54) is 44.0 Å². The number of benzene rings is 1. The van der Waals surface area contributed by atoms with Gasteiger partial charge in [0.15, 0.2) is 11.5 Å². The van der Waals surface area contributed by atoms with E-state index in [9.17, 15) is 9.59 Å². The standard InChI is InChI=1S/C22H27N5O2S/c1-15-7-9-16(10-8-15)18-23-19-17(21(28)26(3)22(29)25(19)2)20(24-18)30-14-13-27-11-5-4-6-12-27/h7-10H,4-6,11-14H2,1-3H3/p+1. The van der Waals surface area contributed by atoms with Gasteiger partial charge in [-0.15, -0.1) is 0 Å². The van der Waals surface area contributed by atoms with Gasteiger partial charge in [-0.25, -0.2) is 14.8 Å². The fourth-order valence-electron chi connectivity index (χ4n) is 3.96. The summed E-state index contributed by atoms with van der Waals surface area (Å²) >= 11 is 1.59. The molecule has 30 heavy (non-hydrogen) atoms. The molecule has 1 aromatic carbocycles. The van der Waals surface area contributed by atoms with Crippen LogP contribution in [0.4, 0.5) is 0 Å². The van der Waals surface area contributed by atoms with Crippen molar-refractivity contribution in [3.63, 3.8) is 0 Å². The molecule has 158 valence electrons. The van der Waals surface area contributed by atoms with Gasteiger partial charge in [-0.05, 0) is 26.2 Å². The number of fused-ring (bicyclic) bond motifs is 1. The molecule has 0 saturated carbocycles. The summed E-state index contributed by atoms with van der Waals surface area (Å²) in [6.07, 6.45) is 3.91. The van der Waals surface area contributed by atoms with E-state index in [1.807, 2.05) is 31.2 Å². The van der Waals surface area contributed by atoms with E-state index in [4.69, 9.17) is 4.98 Å². The minimum Gasteiger partial charge on any atom is -0.334 e. The van der Waals surface area contributed by atoms with E-state index in [0.29, 0.717) is 21.9 Å². The quantitative estimate of drug-likeness (QED) is 0.490. The summed E-state index contributed by atoms with van der Waals surface area (Å²) in [5, 5.41) is 1.08. The molecule has 0 radical (unpaired) electrons. The number of hydrogen-bond acceptors (Lipinski definition) is 5. The summed E-state index contributed by atoms with van der Waals surface area (Å²) < 4.78 is 2.58. The number of nitrogens with zero attached hydrogens (tertiary/aromatic N) is 4. The van der Waals surface area contributed by atoms with E-state index in [2.05, 4.69) is 4.98 Å². The summed E-state index contributed by atoms with van der Waals surface area (Å²) in [7, 11) is 3.16. The van der Waals surface area contributed by atoms with Crippen LogP contribution in [0.15, 0.2) is 38.9 Å². The molecule has 1 saturated heterocycles. The van der Waals surface area contributed by atoms with Crippen molar-refractivity contribution in [3.05, 3.63) is 50.7 Å². The predicted octanol–water partition coefficient (Wildman–Crippen LogP) is 1.16. The molecule has 1 aliphatic rings. The largest absolute Gasteiger partial charge is 0.334 e. The van der Waals surface area contributed by atoms with Crippen molar-refractivity contribution in [1.29, 1.82) is 0 Å². The van der Waals surface area contributed by atoms with Crippen molar-refractivity contribution in [2.45, 2.75) is 31.2 Å². The van der Waals surface area contributed by atoms with Gasteiger partial charge in [0, 0.05) is 25.4 Å². The molecule has 8 heteroatoms. The molecule has 2 aromatic heterocycles. The van der Waals surface area contributed by atoms with Gasteiger partial charge in [0.25, 0.3) is 5.56 Å². The molecule has 3 aromatic rings. The smallest absolute Gasteiger partial charge is 0.332 e. The van der Waals surface area contributed by atoms with Crippen molar-refractivity contribution in [2.24, 2.45) is 14.1 Å². The van der Waals surface area contributed by atoms with Crippen molar-refractivity contribution in [2.75, 3.05) is 25.4 Å². The topological polar surface area (TPSA) is 74.2 Å². The molecule has 0 atom stereocenters. The molecule has 0 unspecified atom stereocenters. The maximum absolute atomic E-state index is 12.9. The minimum atomic E-state index is -0.380. The zero-order valence-electron chi connectivity index (χ0n) is 17.8. The molecule has 1 N–H and O–H groups in total. The second-order valence-electron chi connectivity index (χ2n) is 8.03. The molecule has 1 aliphatic heterocycles. The fourth-order valence-corrected chi connectivity index (χ4v) is 5.02. The van der Waals surface area contributed by atoms with Gasteiger partial charge in [0.2, 0.25) is 0 Å². The summed E-state index contributed by atoms with van der Waals surface area (Å²) in [6.45, 7) is 5.51. The highest BCUT2D eigenvalue weighted by molar-refractivity contribution is 7.99. The molecule has 7 nitrogen and oxygen atoms in total. The Kier molecular flexibility index (Phi) is 6.06. The van der Waals surface area contributed by atoms with Crippen LogP contribution in [0.2, 0.25) is 0 Å². The first-order valence-corrected chi connectivity index (χ1v) is 11.5. The third-order valence-electron chi connectivity index (χ3n) is 5.83. The second kappa shape index (κ2) is 8.73. The Hall–Kier alpha value is -2.45. The Morgan fingerprint density at radius 3 is 2.40 bits per heavy atom.